The molecule has 0 spiro atoms. The molecular formula is C27H32N4O4S. The van der Waals surface area contributed by atoms with Gasteiger partial charge in [-0.15, -0.1) is 0 Å². The van der Waals surface area contributed by atoms with Crippen molar-refractivity contribution in [2.75, 3.05) is 31.3 Å². The van der Waals surface area contributed by atoms with E-state index in [1.807, 2.05) is 37.4 Å². The minimum atomic E-state index is -3.14. The second-order valence-corrected chi connectivity index (χ2v) is 11.9. The molecule has 1 aromatic heterocycles. The quantitative estimate of drug-likeness (QED) is 0.457. The first-order valence-corrected chi connectivity index (χ1v) is 14.2. The lowest BCUT2D eigenvalue weighted by Crippen LogP contribution is -2.34. The third-order valence-electron chi connectivity index (χ3n) is 6.92. The van der Waals surface area contributed by atoms with Crippen LogP contribution in [-0.2, 0) is 16.6 Å². The number of amides is 1. The number of nitrogens with zero attached hydrogens (tertiary/aromatic N) is 2. The molecular weight excluding hydrogens is 476 g/mol. The summed E-state index contributed by atoms with van der Waals surface area (Å²) in [5.41, 5.74) is 4.07. The molecule has 190 valence electrons. The van der Waals surface area contributed by atoms with Gasteiger partial charge < -0.3 is 15.4 Å². The van der Waals surface area contributed by atoms with Crippen LogP contribution in [0.2, 0.25) is 0 Å². The molecule has 0 bridgehead atoms. The van der Waals surface area contributed by atoms with E-state index in [-0.39, 0.29) is 11.9 Å². The van der Waals surface area contributed by atoms with Gasteiger partial charge in [-0.05, 0) is 79.6 Å². The number of anilines is 1. The molecule has 2 fully saturated rings. The molecule has 0 radical (unpaired) electrons. The van der Waals surface area contributed by atoms with Crippen molar-refractivity contribution in [1.29, 1.82) is 0 Å². The summed E-state index contributed by atoms with van der Waals surface area (Å²) in [4.78, 5) is 17.5. The average molecular weight is 509 g/mol. The van der Waals surface area contributed by atoms with E-state index in [1.165, 1.54) is 23.4 Å². The van der Waals surface area contributed by atoms with Gasteiger partial charge in [-0.2, -0.15) is 0 Å². The molecule has 5 rings (SSSR count). The second kappa shape index (κ2) is 10.2. The van der Waals surface area contributed by atoms with Crippen LogP contribution in [0.1, 0.15) is 40.7 Å². The first kappa shape index (κ1) is 24.7. The van der Waals surface area contributed by atoms with Gasteiger partial charge >= 0.3 is 0 Å². The fourth-order valence-electron chi connectivity index (χ4n) is 4.48. The Balaban J connectivity index is 1.21. The Morgan fingerprint density at radius 1 is 1.14 bits per heavy atom. The highest BCUT2D eigenvalue weighted by molar-refractivity contribution is 7.88. The van der Waals surface area contributed by atoms with Crippen molar-refractivity contribution in [2.45, 2.75) is 38.8 Å². The lowest BCUT2D eigenvalue weighted by molar-refractivity contribution is 0.102. The van der Waals surface area contributed by atoms with Gasteiger partial charge in [-0.3, -0.25) is 9.78 Å². The van der Waals surface area contributed by atoms with Crippen molar-refractivity contribution in [1.82, 2.24) is 14.6 Å². The molecule has 1 saturated heterocycles. The summed E-state index contributed by atoms with van der Waals surface area (Å²) in [7, 11) is -3.14. The summed E-state index contributed by atoms with van der Waals surface area (Å²) in [5, 5.41) is 7.44. The topological polar surface area (TPSA) is 101 Å². The number of pyridine rings is 1. The van der Waals surface area contributed by atoms with Gasteiger partial charge in [0.2, 0.25) is 10.0 Å². The second-order valence-electron chi connectivity index (χ2n) is 9.87. The van der Waals surface area contributed by atoms with Gasteiger partial charge in [0.1, 0.15) is 5.75 Å². The molecule has 2 N–H and O–H groups in total. The van der Waals surface area contributed by atoms with Crippen LogP contribution in [0, 0.1) is 12.8 Å². The maximum atomic E-state index is 12.8. The summed E-state index contributed by atoms with van der Waals surface area (Å²) in [6, 6.07) is 13.3. The average Bonchev–Trinajstić information content (AvgIpc) is 3.56. The summed E-state index contributed by atoms with van der Waals surface area (Å²) in [6.45, 7) is 4.37. The van der Waals surface area contributed by atoms with Crippen LogP contribution in [0.15, 0.2) is 48.7 Å². The first-order valence-electron chi connectivity index (χ1n) is 12.4. The summed E-state index contributed by atoms with van der Waals surface area (Å²) < 4.78 is 30.7. The van der Waals surface area contributed by atoms with E-state index in [0.29, 0.717) is 31.1 Å². The SMILES string of the molecule is Cc1c(NC(=O)c2ccc(OCC3CC3)cc2)ccc2cc(CNC3CCN(S(C)(=O)=O)C3)cnc12. The normalized spacial score (nSPS) is 18.4. The number of sulfonamides is 1. The minimum absolute atomic E-state index is 0.133. The number of nitrogens with one attached hydrogen (secondary N) is 2. The third kappa shape index (κ3) is 5.86. The molecule has 9 heteroatoms. The van der Waals surface area contributed by atoms with Crippen LogP contribution in [0.3, 0.4) is 0 Å². The summed E-state index contributed by atoms with van der Waals surface area (Å²) in [5.74, 6) is 1.30. The number of aromatic nitrogens is 1. The van der Waals surface area contributed by atoms with Crippen molar-refractivity contribution in [2.24, 2.45) is 5.92 Å². The molecule has 36 heavy (non-hydrogen) atoms. The van der Waals surface area contributed by atoms with Crippen LogP contribution in [-0.4, -0.2) is 55.6 Å². The lowest BCUT2D eigenvalue weighted by atomic mass is 10.1. The van der Waals surface area contributed by atoms with Crippen molar-refractivity contribution in [3.63, 3.8) is 0 Å². The van der Waals surface area contributed by atoms with E-state index in [9.17, 15) is 13.2 Å². The molecule has 1 unspecified atom stereocenters. The summed E-state index contributed by atoms with van der Waals surface area (Å²) >= 11 is 0. The molecule has 1 atom stereocenters. The molecule has 1 aliphatic carbocycles. The van der Waals surface area contributed by atoms with Gasteiger partial charge in [-0.25, -0.2) is 12.7 Å². The fraction of sp³-hybridized carbons (Fsp3) is 0.407. The highest BCUT2D eigenvalue weighted by Gasteiger charge is 2.28. The Kier molecular flexibility index (Phi) is 6.96. The number of carbonyl (C=O) groups excluding carboxylic acids is 1. The molecule has 3 aromatic rings. The zero-order valence-electron chi connectivity index (χ0n) is 20.7. The van der Waals surface area contributed by atoms with Gasteiger partial charge in [0.25, 0.3) is 5.91 Å². The smallest absolute Gasteiger partial charge is 0.255 e. The number of rotatable bonds is 9. The standard InChI is InChI=1S/C27H32N4O4S/c1-18-25(30-27(32)21-5-8-24(9-6-21)35-17-19-3-4-19)10-7-22-13-20(15-29-26(18)22)14-28-23-11-12-31(16-23)36(2,33)34/h5-10,13,15,19,23,28H,3-4,11-12,14,16-17H2,1-2H3,(H,30,32). The Morgan fingerprint density at radius 2 is 1.92 bits per heavy atom. The van der Waals surface area contributed by atoms with Crippen LogP contribution in [0.25, 0.3) is 10.9 Å². The van der Waals surface area contributed by atoms with Crippen LogP contribution in [0.5, 0.6) is 5.75 Å². The maximum absolute atomic E-state index is 12.8. The fourth-order valence-corrected chi connectivity index (χ4v) is 5.37. The number of fused-ring (bicyclic) bond motifs is 1. The number of ether oxygens (including phenoxy) is 1. The molecule has 1 saturated carbocycles. The van der Waals surface area contributed by atoms with E-state index in [1.54, 1.807) is 12.1 Å². The Hall–Kier alpha value is -3.01. The number of hydrogen-bond acceptors (Lipinski definition) is 6. The Labute approximate surface area is 212 Å². The van der Waals surface area contributed by atoms with Crippen molar-refractivity contribution in [3.8, 4) is 5.75 Å². The molecule has 2 aliphatic rings. The van der Waals surface area contributed by atoms with E-state index < -0.39 is 10.0 Å². The van der Waals surface area contributed by atoms with E-state index in [0.717, 1.165) is 46.5 Å². The van der Waals surface area contributed by atoms with E-state index in [4.69, 9.17) is 4.74 Å². The van der Waals surface area contributed by atoms with Crippen molar-refractivity contribution >= 4 is 32.5 Å². The van der Waals surface area contributed by atoms with Crippen molar-refractivity contribution in [3.05, 3.63) is 65.4 Å². The zero-order valence-corrected chi connectivity index (χ0v) is 21.5. The monoisotopic (exact) mass is 508 g/mol. The molecule has 2 heterocycles. The zero-order chi connectivity index (χ0) is 25.3. The Morgan fingerprint density at radius 3 is 2.61 bits per heavy atom. The predicted octanol–water partition coefficient (Wildman–Crippen LogP) is 3.71. The molecule has 1 aliphatic heterocycles. The highest BCUT2D eigenvalue weighted by atomic mass is 32.2. The summed E-state index contributed by atoms with van der Waals surface area (Å²) in [6.07, 6.45) is 6.36. The van der Waals surface area contributed by atoms with Crippen molar-refractivity contribution < 1.29 is 17.9 Å². The maximum Gasteiger partial charge on any atom is 0.255 e. The van der Waals surface area contributed by atoms with E-state index >= 15 is 0 Å². The highest BCUT2D eigenvalue weighted by Crippen LogP contribution is 2.30. The number of carbonyl (C=O) groups is 1. The first-order chi connectivity index (χ1) is 17.3. The molecule has 8 nitrogen and oxygen atoms in total. The van der Waals surface area contributed by atoms with Crippen LogP contribution < -0.4 is 15.4 Å². The Bertz CT molecular complexity index is 1370. The molecule has 2 aromatic carbocycles. The van der Waals surface area contributed by atoms with Crippen LogP contribution >= 0.6 is 0 Å². The van der Waals surface area contributed by atoms with Gasteiger partial charge in [0.05, 0.1) is 18.4 Å². The minimum Gasteiger partial charge on any atom is -0.493 e. The lowest BCUT2D eigenvalue weighted by Gasteiger charge is -2.15. The number of benzene rings is 2. The molecule has 1 amide bonds. The third-order valence-corrected chi connectivity index (χ3v) is 8.19. The number of hydrogen-bond donors (Lipinski definition) is 2. The number of aryl methyl sites for hydroxylation is 1. The largest absolute Gasteiger partial charge is 0.493 e. The van der Waals surface area contributed by atoms with Crippen LogP contribution in [0.4, 0.5) is 5.69 Å². The van der Waals surface area contributed by atoms with E-state index in [2.05, 4.69) is 21.7 Å². The van der Waals surface area contributed by atoms with Gasteiger partial charge in [0.15, 0.2) is 0 Å². The predicted molar refractivity (Wildman–Crippen MR) is 141 cm³/mol. The van der Waals surface area contributed by atoms with Gasteiger partial charge in [0, 0.05) is 48.5 Å². The van der Waals surface area contributed by atoms with Gasteiger partial charge in [-0.1, -0.05) is 6.07 Å².